The van der Waals surface area contributed by atoms with Crippen LogP contribution in [0.25, 0.3) is 0 Å². The van der Waals surface area contributed by atoms with E-state index in [2.05, 4.69) is 19.9 Å². The maximum Gasteiger partial charge on any atom is 0.418 e. The first kappa shape index (κ1) is 30.3. The number of rotatable bonds is 5. The fourth-order valence-corrected chi connectivity index (χ4v) is 9.20. The Bertz CT molecular complexity index is 1540. The molecule has 4 aliphatic rings. The lowest BCUT2D eigenvalue weighted by Crippen LogP contribution is -2.47. The van der Waals surface area contributed by atoms with Crippen molar-refractivity contribution in [1.29, 1.82) is 0 Å². The maximum atomic E-state index is 14.4. The summed E-state index contributed by atoms with van der Waals surface area (Å²) < 4.78 is 90.4. The van der Waals surface area contributed by atoms with Gasteiger partial charge in [-0.2, -0.15) is 23.1 Å². The molecule has 2 aromatic heterocycles. The molecule has 15 heteroatoms. The van der Waals surface area contributed by atoms with E-state index in [1.807, 2.05) is 0 Å². The predicted octanol–water partition coefficient (Wildman–Crippen LogP) is 3.30. The van der Waals surface area contributed by atoms with Crippen molar-refractivity contribution in [2.75, 3.05) is 43.4 Å². The van der Waals surface area contributed by atoms with Crippen LogP contribution in [0.2, 0.25) is 0 Å². The summed E-state index contributed by atoms with van der Waals surface area (Å²) in [5.74, 6) is -0.562. The molecule has 2 aromatic rings. The van der Waals surface area contributed by atoms with Crippen LogP contribution in [0.1, 0.15) is 72.4 Å². The van der Waals surface area contributed by atoms with Gasteiger partial charge in [-0.25, -0.2) is 17.8 Å². The Morgan fingerprint density at radius 3 is 2.65 bits per heavy atom. The van der Waals surface area contributed by atoms with Crippen molar-refractivity contribution in [3.63, 3.8) is 0 Å². The summed E-state index contributed by atoms with van der Waals surface area (Å²) in [5.41, 5.74) is 2.75. The predicted molar refractivity (Wildman–Crippen MR) is 150 cm³/mol. The third-order valence-electron chi connectivity index (χ3n) is 9.27. The van der Waals surface area contributed by atoms with E-state index in [-0.39, 0.29) is 47.6 Å². The number of aliphatic hydroxyl groups is 1. The zero-order valence-corrected chi connectivity index (χ0v) is 24.9. The molecule has 0 amide bonds. The van der Waals surface area contributed by atoms with E-state index in [4.69, 9.17) is 10.5 Å². The molecule has 43 heavy (non-hydrogen) atoms. The lowest BCUT2D eigenvalue weighted by molar-refractivity contribution is -0.139. The number of fused-ring (bicyclic) bond motifs is 2. The monoisotopic (exact) mass is 628 g/mol. The molecule has 4 atom stereocenters. The molecule has 3 fully saturated rings. The number of β-amino-alcohol motifs (C(OH)–C–C–N with tert-alkyl or cyclic N) is 1. The van der Waals surface area contributed by atoms with Crippen molar-refractivity contribution >= 4 is 21.5 Å². The third kappa shape index (κ3) is 5.63. The number of piperidine rings is 1. The van der Waals surface area contributed by atoms with Crippen LogP contribution in [0, 0.1) is 6.92 Å². The normalized spacial score (nSPS) is 30.7. The van der Waals surface area contributed by atoms with Gasteiger partial charge in [0.25, 0.3) is 0 Å². The van der Waals surface area contributed by atoms with Gasteiger partial charge in [-0.1, -0.05) is 0 Å². The van der Waals surface area contributed by atoms with Gasteiger partial charge >= 0.3 is 12.2 Å². The molecular weight excluding hydrogens is 592 g/mol. The van der Waals surface area contributed by atoms with Crippen LogP contribution in [-0.4, -0.2) is 83.5 Å². The largest absolute Gasteiger partial charge is 0.461 e. The SMILES string of the molecule is Cc1cc(N)nc([C@H]2Cc3nc(OC[C@@]45CCCN4C[C@H](F)C5)nc(N4CCC[C@@](C)(O)C4)c3CS2(=O)=O)c1C(F)(F)F. The van der Waals surface area contributed by atoms with Gasteiger partial charge in [0.2, 0.25) is 0 Å². The lowest BCUT2D eigenvalue weighted by atomic mass is 9.94. The molecule has 3 saturated heterocycles. The number of aryl methyl sites for hydroxylation is 1. The Morgan fingerprint density at radius 1 is 1.19 bits per heavy atom. The molecule has 3 N–H and O–H groups in total. The molecular formula is C28H36F4N6O4S. The standard InChI is InChI=1S/C28H36F4N6O4S/c1-16-9-21(33)35-23(22(16)28(30,31)32)20-10-19-18(13-43(20,40)41)24(37-7-3-5-26(2,39)14-37)36-25(34-19)42-15-27-6-4-8-38(27)12-17(29)11-27/h9,17,20,39H,3-8,10-15H2,1-2H3,(H2,33,35)/t17-,20-,26-,27+/m1/s1. The third-order valence-corrected chi connectivity index (χ3v) is 11.2. The fraction of sp³-hybridized carbons (Fsp3) is 0.679. The van der Waals surface area contributed by atoms with Crippen LogP contribution < -0.4 is 15.4 Å². The number of nitrogens with two attached hydrogens (primary N) is 1. The van der Waals surface area contributed by atoms with Crippen LogP contribution in [0.15, 0.2) is 6.07 Å². The zero-order chi connectivity index (χ0) is 30.9. The summed E-state index contributed by atoms with van der Waals surface area (Å²) in [6, 6.07) is 1.01. The van der Waals surface area contributed by atoms with Crippen molar-refractivity contribution in [3.05, 3.63) is 34.1 Å². The second-order valence-corrected chi connectivity index (χ2v) is 14.9. The van der Waals surface area contributed by atoms with E-state index >= 15 is 0 Å². The molecule has 6 rings (SSSR count). The van der Waals surface area contributed by atoms with E-state index in [0.717, 1.165) is 25.5 Å². The van der Waals surface area contributed by atoms with E-state index < -0.39 is 62.0 Å². The number of nitrogen functional groups attached to an aromatic ring is 1. The van der Waals surface area contributed by atoms with Gasteiger partial charge in [0.15, 0.2) is 9.84 Å². The molecule has 4 aliphatic heterocycles. The van der Waals surface area contributed by atoms with E-state index in [1.165, 1.54) is 6.92 Å². The highest BCUT2D eigenvalue weighted by molar-refractivity contribution is 7.91. The van der Waals surface area contributed by atoms with Gasteiger partial charge in [-0.05, 0) is 57.7 Å². The van der Waals surface area contributed by atoms with Gasteiger partial charge in [-0.15, -0.1) is 0 Å². The summed E-state index contributed by atoms with van der Waals surface area (Å²) in [7, 11) is -4.23. The highest BCUT2D eigenvalue weighted by Gasteiger charge is 2.50. The number of sulfone groups is 1. The quantitative estimate of drug-likeness (QED) is 0.475. The first-order chi connectivity index (χ1) is 20.1. The Labute approximate surface area is 247 Å². The molecule has 0 saturated carbocycles. The lowest BCUT2D eigenvalue weighted by Gasteiger charge is -2.39. The van der Waals surface area contributed by atoms with Crippen LogP contribution in [0.4, 0.5) is 29.2 Å². The van der Waals surface area contributed by atoms with Crippen molar-refractivity contribution < 1.29 is 35.8 Å². The summed E-state index contributed by atoms with van der Waals surface area (Å²) in [6.45, 7) is 4.78. The summed E-state index contributed by atoms with van der Waals surface area (Å²) in [5, 5.41) is 9.15. The van der Waals surface area contributed by atoms with Gasteiger partial charge in [0.05, 0.1) is 33.8 Å². The topological polar surface area (TPSA) is 135 Å². The van der Waals surface area contributed by atoms with Crippen LogP contribution in [0.5, 0.6) is 6.01 Å². The average molecular weight is 629 g/mol. The minimum atomic E-state index is -4.86. The molecule has 0 aromatic carbocycles. The summed E-state index contributed by atoms with van der Waals surface area (Å²) in [6.07, 6.45) is -3.08. The summed E-state index contributed by atoms with van der Waals surface area (Å²) in [4.78, 5) is 16.9. The van der Waals surface area contributed by atoms with Gasteiger partial charge in [0, 0.05) is 38.0 Å². The van der Waals surface area contributed by atoms with E-state index in [1.54, 1.807) is 11.8 Å². The van der Waals surface area contributed by atoms with Crippen molar-refractivity contribution in [1.82, 2.24) is 19.9 Å². The number of ether oxygens (including phenoxy) is 1. The molecule has 0 radical (unpaired) electrons. The minimum absolute atomic E-state index is 0.0618. The highest BCUT2D eigenvalue weighted by atomic mass is 32.2. The van der Waals surface area contributed by atoms with E-state index in [9.17, 15) is 31.1 Å². The second-order valence-electron chi connectivity index (χ2n) is 12.8. The number of hydrogen-bond donors (Lipinski definition) is 2. The van der Waals surface area contributed by atoms with Crippen molar-refractivity contribution in [2.45, 2.75) is 86.9 Å². The minimum Gasteiger partial charge on any atom is -0.461 e. The Morgan fingerprint density at radius 2 is 1.93 bits per heavy atom. The Hall–Kier alpha value is -2.78. The van der Waals surface area contributed by atoms with Crippen LogP contribution in [0.3, 0.4) is 0 Å². The molecule has 6 heterocycles. The molecule has 0 spiro atoms. The molecule has 236 valence electrons. The van der Waals surface area contributed by atoms with Gasteiger partial charge in [0.1, 0.15) is 29.7 Å². The van der Waals surface area contributed by atoms with Crippen molar-refractivity contribution in [3.8, 4) is 6.01 Å². The number of halogens is 4. The molecule has 0 bridgehead atoms. The number of hydrogen-bond acceptors (Lipinski definition) is 10. The molecule has 0 unspecified atom stereocenters. The first-order valence-corrected chi connectivity index (χ1v) is 16.2. The van der Waals surface area contributed by atoms with Gasteiger partial charge < -0.3 is 20.5 Å². The first-order valence-electron chi connectivity index (χ1n) is 14.5. The number of anilines is 2. The Kier molecular flexibility index (Phi) is 7.32. The fourth-order valence-electron chi connectivity index (χ4n) is 7.38. The zero-order valence-electron chi connectivity index (χ0n) is 24.1. The molecule has 10 nitrogen and oxygen atoms in total. The number of alkyl halides is 4. The smallest absolute Gasteiger partial charge is 0.418 e. The molecule has 0 aliphatic carbocycles. The maximum absolute atomic E-state index is 14.4. The number of nitrogens with zero attached hydrogens (tertiary/aromatic N) is 5. The van der Waals surface area contributed by atoms with Gasteiger partial charge in [-0.3, -0.25) is 4.90 Å². The van der Waals surface area contributed by atoms with Crippen LogP contribution in [-0.2, 0) is 28.2 Å². The van der Waals surface area contributed by atoms with Crippen molar-refractivity contribution in [2.24, 2.45) is 0 Å². The Balaban J connectivity index is 1.42. The number of pyridine rings is 1. The average Bonchev–Trinajstić information content (AvgIpc) is 3.40. The summed E-state index contributed by atoms with van der Waals surface area (Å²) >= 11 is 0. The van der Waals surface area contributed by atoms with Crippen LogP contribution >= 0.6 is 0 Å². The number of aromatic nitrogens is 3. The second kappa shape index (κ2) is 10.4. The highest BCUT2D eigenvalue weighted by Crippen LogP contribution is 2.45. The van der Waals surface area contributed by atoms with E-state index in [0.29, 0.717) is 32.4 Å².